The van der Waals surface area contributed by atoms with Gasteiger partial charge in [0.1, 0.15) is 0 Å². The number of rotatable bonds is 5. The molecule has 1 aliphatic rings. The summed E-state index contributed by atoms with van der Waals surface area (Å²) in [6, 6.07) is 3.86. The van der Waals surface area contributed by atoms with Crippen LogP contribution < -0.4 is 0 Å². The molecule has 1 aromatic carbocycles. The summed E-state index contributed by atoms with van der Waals surface area (Å²) in [7, 11) is -7.00. The second kappa shape index (κ2) is 7.45. The van der Waals surface area contributed by atoms with Crippen molar-refractivity contribution in [2.24, 2.45) is 0 Å². The van der Waals surface area contributed by atoms with Crippen molar-refractivity contribution in [2.75, 3.05) is 7.05 Å². The molecule has 1 aromatic rings. The fourth-order valence-electron chi connectivity index (χ4n) is 2.89. The number of nitrogens with zero attached hydrogens (tertiary/aromatic N) is 1. The van der Waals surface area contributed by atoms with Crippen LogP contribution in [0.3, 0.4) is 0 Å². The molecule has 0 aliphatic heterocycles. The Morgan fingerprint density at radius 2 is 1.38 bits per heavy atom. The van der Waals surface area contributed by atoms with Gasteiger partial charge < -0.3 is 0 Å². The Hall–Kier alpha value is -1.06. The van der Waals surface area contributed by atoms with E-state index in [9.17, 15) is 25.6 Å². The van der Waals surface area contributed by atoms with Crippen molar-refractivity contribution in [1.82, 2.24) is 4.31 Å². The van der Waals surface area contributed by atoms with Crippen molar-refractivity contribution in [3.05, 3.63) is 24.3 Å². The Balaban J connectivity index is 2.26. The third-order valence-corrected chi connectivity index (χ3v) is 7.73. The normalized spacial score (nSPS) is 18.0. The molecule has 2 rings (SSSR count). The number of sulfone groups is 1. The first-order chi connectivity index (χ1) is 11.2. The molecule has 0 saturated heterocycles. The molecule has 136 valence electrons. The molecule has 5 nitrogen and oxygen atoms in total. The van der Waals surface area contributed by atoms with Crippen LogP contribution >= 0.6 is 0 Å². The van der Waals surface area contributed by atoms with Crippen LogP contribution in [0.1, 0.15) is 38.5 Å². The van der Waals surface area contributed by atoms with E-state index in [0.29, 0.717) is 0 Å². The highest BCUT2D eigenvalue weighted by molar-refractivity contribution is 7.91. The van der Waals surface area contributed by atoms with Crippen LogP contribution in [0, 0.1) is 0 Å². The number of benzene rings is 1. The van der Waals surface area contributed by atoms with Crippen molar-refractivity contribution >= 4 is 19.9 Å². The van der Waals surface area contributed by atoms with Gasteiger partial charge in [-0.2, -0.15) is 13.1 Å². The molecule has 0 N–H and O–H groups in total. The maximum absolute atomic E-state index is 12.7. The van der Waals surface area contributed by atoms with Gasteiger partial charge in [-0.15, -0.1) is 0 Å². The molecular formula is C15H21F2NO4S2. The zero-order chi connectivity index (χ0) is 18.0. The van der Waals surface area contributed by atoms with Gasteiger partial charge in [-0.25, -0.2) is 16.8 Å². The topological polar surface area (TPSA) is 71.5 Å². The predicted molar refractivity (Wildman–Crippen MR) is 86.1 cm³/mol. The molecule has 24 heavy (non-hydrogen) atoms. The van der Waals surface area contributed by atoms with E-state index in [1.165, 1.54) is 11.4 Å². The van der Waals surface area contributed by atoms with Gasteiger partial charge >= 0.3 is 5.76 Å². The summed E-state index contributed by atoms with van der Waals surface area (Å²) >= 11 is 0. The SMILES string of the molecule is CN(C1CCCCCC1)S(=O)(=O)c1ccc(S(=O)(=O)C(F)F)cc1. The van der Waals surface area contributed by atoms with Gasteiger partial charge in [0.25, 0.3) is 0 Å². The molecule has 9 heteroatoms. The molecule has 0 radical (unpaired) electrons. The number of hydrogen-bond donors (Lipinski definition) is 0. The van der Waals surface area contributed by atoms with E-state index in [2.05, 4.69) is 0 Å². The Morgan fingerprint density at radius 1 is 0.917 bits per heavy atom. The van der Waals surface area contributed by atoms with Crippen LogP contribution in [-0.4, -0.2) is 40.0 Å². The summed E-state index contributed by atoms with van der Waals surface area (Å²) in [5.41, 5.74) is 0. The zero-order valence-electron chi connectivity index (χ0n) is 13.4. The molecule has 0 spiro atoms. The molecule has 0 atom stereocenters. The van der Waals surface area contributed by atoms with Crippen molar-refractivity contribution < 1.29 is 25.6 Å². The van der Waals surface area contributed by atoms with E-state index in [0.717, 1.165) is 62.8 Å². The largest absolute Gasteiger partial charge is 0.341 e. The first-order valence-corrected chi connectivity index (χ1v) is 10.8. The summed E-state index contributed by atoms with van der Waals surface area (Å²) in [5.74, 6) is -3.53. The fraction of sp³-hybridized carbons (Fsp3) is 0.600. The summed E-state index contributed by atoms with van der Waals surface area (Å²) in [4.78, 5) is -0.684. The summed E-state index contributed by atoms with van der Waals surface area (Å²) in [5, 5.41) is 0. The molecule has 1 aliphatic carbocycles. The smallest absolute Gasteiger partial charge is 0.218 e. The minimum atomic E-state index is -4.73. The number of halogens is 2. The van der Waals surface area contributed by atoms with Crippen LogP contribution in [0.2, 0.25) is 0 Å². The van der Waals surface area contributed by atoms with E-state index < -0.39 is 30.5 Å². The second-order valence-electron chi connectivity index (χ2n) is 5.94. The Bertz CT molecular complexity index is 753. The van der Waals surface area contributed by atoms with Gasteiger partial charge in [-0.05, 0) is 37.1 Å². The first kappa shape index (κ1) is 19.3. The van der Waals surface area contributed by atoms with Crippen LogP contribution in [0.15, 0.2) is 34.1 Å². The van der Waals surface area contributed by atoms with Crippen molar-refractivity contribution in [1.29, 1.82) is 0 Å². The summed E-state index contributed by atoms with van der Waals surface area (Å²) < 4.78 is 74.5. The van der Waals surface area contributed by atoms with Gasteiger partial charge in [0.2, 0.25) is 19.9 Å². The molecule has 1 saturated carbocycles. The lowest BCUT2D eigenvalue weighted by atomic mass is 10.1. The Labute approximate surface area is 141 Å². The molecule has 0 bridgehead atoms. The molecule has 0 amide bonds. The Kier molecular flexibility index (Phi) is 5.98. The second-order valence-corrected chi connectivity index (χ2v) is 9.86. The standard InChI is InChI=1S/C15H21F2NO4S2/c1-18(12-6-4-2-3-5-7-12)24(21,22)14-10-8-13(9-11-14)23(19,20)15(16)17/h8-12,15H,2-7H2,1H3. The van der Waals surface area contributed by atoms with E-state index in [1.807, 2.05) is 0 Å². The van der Waals surface area contributed by atoms with Gasteiger partial charge in [0.05, 0.1) is 9.79 Å². The average molecular weight is 381 g/mol. The van der Waals surface area contributed by atoms with Crippen LogP contribution in [0.5, 0.6) is 0 Å². The maximum Gasteiger partial charge on any atom is 0.341 e. The van der Waals surface area contributed by atoms with Crippen molar-refractivity contribution in [3.63, 3.8) is 0 Å². The lowest BCUT2D eigenvalue weighted by Crippen LogP contribution is -2.36. The predicted octanol–water partition coefficient (Wildman–Crippen LogP) is 3.03. The van der Waals surface area contributed by atoms with Crippen molar-refractivity contribution in [3.8, 4) is 0 Å². The van der Waals surface area contributed by atoms with Gasteiger partial charge in [-0.3, -0.25) is 0 Å². The number of alkyl halides is 2. The van der Waals surface area contributed by atoms with Crippen molar-refractivity contribution in [2.45, 2.75) is 60.1 Å². The van der Waals surface area contributed by atoms with Crippen LogP contribution in [-0.2, 0) is 19.9 Å². The van der Waals surface area contributed by atoms with Crippen LogP contribution in [0.25, 0.3) is 0 Å². The van der Waals surface area contributed by atoms with E-state index >= 15 is 0 Å². The molecule has 0 aromatic heterocycles. The third kappa shape index (κ3) is 3.94. The maximum atomic E-state index is 12.7. The van der Waals surface area contributed by atoms with E-state index in [4.69, 9.17) is 0 Å². The first-order valence-electron chi connectivity index (χ1n) is 7.77. The summed E-state index contributed by atoms with van der Waals surface area (Å²) in [6.45, 7) is 0. The highest BCUT2D eigenvalue weighted by Gasteiger charge is 2.30. The Morgan fingerprint density at radius 3 is 1.83 bits per heavy atom. The average Bonchev–Trinajstić information content (AvgIpc) is 2.83. The van der Waals surface area contributed by atoms with E-state index in [1.54, 1.807) is 0 Å². The minimum Gasteiger partial charge on any atom is -0.218 e. The highest BCUT2D eigenvalue weighted by Crippen LogP contribution is 2.27. The molecule has 1 fully saturated rings. The number of sulfonamides is 1. The lowest BCUT2D eigenvalue weighted by Gasteiger charge is -2.26. The highest BCUT2D eigenvalue weighted by atomic mass is 32.2. The lowest BCUT2D eigenvalue weighted by molar-refractivity contribution is 0.234. The molecular weight excluding hydrogens is 360 g/mol. The van der Waals surface area contributed by atoms with Crippen LogP contribution in [0.4, 0.5) is 8.78 Å². The summed E-state index contributed by atoms with van der Waals surface area (Å²) in [6.07, 6.45) is 5.68. The monoisotopic (exact) mass is 381 g/mol. The quantitative estimate of drug-likeness (QED) is 0.735. The molecule has 0 heterocycles. The molecule has 0 unspecified atom stereocenters. The fourth-order valence-corrected chi connectivity index (χ4v) is 5.03. The number of hydrogen-bond acceptors (Lipinski definition) is 4. The van der Waals surface area contributed by atoms with Gasteiger partial charge in [-0.1, -0.05) is 25.7 Å². The minimum absolute atomic E-state index is 0.0949. The van der Waals surface area contributed by atoms with Gasteiger partial charge in [0, 0.05) is 13.1 Å². The zero-order valence-corrected chi connectivity index (χ0v) is 15.0. The van der Waals surface area contributed by atoms with E-state index in [-0.39, 0.29) is 10.9 Å². The third-order valence-electron chi connectivity index (χ3n) is 4.40. The van der Waals surface area contributed by atoms with Gasteiger partial charge in [0.15, 0.2) is 0 Å².